The number of hydrogen-bond acceptors (Lipinski definition) is 4. The van der Waals surface area contributed by atoms with Crippen LogP contribution in [0.5, 0.6) is 0 Å². The smallest absolute Gasteiger partial charge is 0.383 e. The molecule has 2 N–H and O–H groups in total. The first-order valence-electron chi connectivity index (χ1n) is 6.16. The molecule has 11 heteroatoms. The van der Waals surface area contributed by atoms with E-state index in [0.717, 1.165) is 31.3 Å². The summed E-state index contributed by atoms with van der Waals surface area (Å²) in [4.78, 5) is -1.09. The lowest BCUT2D eigenvalue weighted by atomic mass is 9.91. The van der Waals surface area contributed by atoms with Gasteiger partial charge in [0.25, 0.3) is 0 Å². The molecule has 0 radical (unpaired) electrons. The van der Waals surface area contributed by atoms with E-state index in [1.807, 2.05) is 4.72 Å². The van der Waals surface area contributed by atoms with Crippen LogP contribution < -0.4 is 4.72 Å². The van der Waals surface area contributed by atoms with Gasteiger partial charge in [-0.2, -0.15) is 26.3 Å². The molecule has 1 aromatic rings. The Hall–Kier alpha value is -0.580. The standard InChI is InChI=1S/C12H14Cl2F3NO4S/c1-18-23(20,21)22-7-11(19,6-10(13)14)8-2-4-9(5-3-8)12(15,16)17/h2-5,10,18-19H,6-7H2,1H3. The van der Waals surface area contributed by atoms with E-state index in [4.69, 9.17) is 23.2 Å². The molecule has 0 aromatic heterocycles. The fraction of sp³-hybridized carbons (Fsp3) is 0.500. The molecular weight excluding hydrogens is 382 g/mol. The summed E-state index contributed by atoms with van der Waals surface area (Å²) in [5.74, 6) is 0. The third-order valence-corrected chi connectivity index (χ3v) is 4.18. The molecule has 0 amide bonds. The van der Waals surface area contributed by atoms with Crippen molar-refractivity contribution in [3.05, 3.63) is 35.4 Å². The maximum Gasteiger partial charge on any atom is 0.416 e. The van der Waals surface area contributed by atoms with Gasteiger partial charge in [-0.15, -0.1) is 23.2 Å². The van der Waals surface area contributed by atoms with Crippen LogP contribution in [0, 0.1) is 0 Å². The Morgan fingerprint density at radius 3 is 2.09 bits per heavy atom. The Kier molecular flexibility index (Phi) is 6.71. The van der Waals surface area contributed by atoms with Crippen molar-refractivity contribution in [1.29, 1.82) is 0 Å². The minimum absolute atomic E-state index is 0.0110. The minimum atomic E-state index is -4.54. The molecule has 0 spiro atoms. The van der Waals surface area contributed by atoms with Gasteiger partial charge in [-0.25, -0.2) is 0 Å². The quantitative estimate of drug-likeness (QED) is 0.695. The molecule has 132 valence electrons. The zero-order valence-electron chi connectivity index (χ0n) is 11.8. The van der Waals surface area contributed by atoms with Crippen molar-refractivity contribution in [2.24, 2.45) is 0 Å². The maximum atomic E-state index is 12.6. The average Bonchev–Trinajstić information content (AvgIpc) is 2.44. The third kappa shape index (κ3) is 6.09. The SMILES string of the molecule is CNS(=O)(=O)OCC(O)(CC(Cl)Cl)c1ccc(C(F)(F)F)cc1. The van der Waals surface area contributed by atoms with Crippen LogP contribution in [0.4, 0.5) is 13.2 Å². The highest BCUT2D eigenvalue weighted by atomic mass is 35.5. The van der Waals surface area contributed by atoms with Crippen LogP contribution in [0.25, 0.3) is 0 Å². The zero-order chi connectivity index (χ0) is 17.9. The number of halogens is 5. The number of rotatable bonds is 7. The van der Waals surface area contributed by atoms with Gasteiger partial charge in [0.15, 0.2) is 0 Å². The Balaban J connectivity index is 3.10. The van der Waals surface area contributed by atoms with E-state index in [-0.39, 0.29) is 12.0 Å². The van der Waals surface area contributed by atoms with Crippen molar-refractivity contribution < 1.29 is 30.9 Å². The molecule has 0 aliphatic heterocycles. The third-order valence-electron chi connectivity index (χ3n) is 2.94. The predicted octanol–water partition coefficient (Wildman–Crippen LogP) is 2.57. The summed E-state index contributed by atoms with van der Waals surface area (Å²) >= 11 is 11.2. The first-order chi connectivity index (χ1) is 10.4. The van der Waals surface area contributed by atoms with Crippen LogP contribution in [0.3, 0.4) is 0 Å². The van der Waals surface area contributed by atoms with E-state index >= 15 is 0 Å². The lowest BCUT2D eigenvalue weighted by Gasteiger charge is -2.29. The summed E-state index contributed by atoms with van der Waals surface area (Å²) in [6, 6.07) is 3.53. The van der Waals surface area contributed by atoms with Gasteiger partial charge < -0.3 is 5.11 Å². The van der Waals surface area contributed by atoms with Crippen LogP contribution >= 0.6 is 23.2 Å². The molecule has 0 fully saturated rings. The van der Waals surface area contributed by atoms with Crippen molar-refractivity contribution in [2.75, 3.05) is 13.7 Å². The van der Waals surface area contributed by atoms with Crippen molar-refractivity contribution in [3.63, 3.8) is 0 Å². The summed E-state index contributed by atoms with van der Waals surface area (Å²) in [5, 5.41) is 10.5. The van der Waals surface area contributed by atoms with Crippen LogP contribution in [-0.4, -0.2) is 32.0 Å². The van der Waals surface area contributed by atoms with Crippen LogP contribution in [0.15, 0.2) is 24.3 Å². The van der Waals surface area contributed by atoms with Crippen molar-refractivity contribution >= 4 is 33.5 Å². The average molecular weight is 396 g/mol. The first-order valence-corrected chi connectivity index (χ1v) is 8.44. The van der Waals surface area contributed by atoms with Gasteiger partial charge in [0.05, 0.1) is 5.56 Å². The molecule has 0 aliphatic carbocycles. The molecule has 0 saturated heterocycles. The van der Waals surface area contributed by atoms with E-state index in [2.05, 4.69) is 4.18 Å². The topological polar surface area (TPSA) is 75.6 Å². The van der Waals surface area contributed by atoms with E-state index in [1.165, 1.54) is 0 Å². The molecule has 5 nitrogen and oxygen atoms in total. The number of alkyl halides is 5. The highest BCUT2D eigenvalue weighted by Crippen LogP contribution is 2.34. The molecule has 0 bridgehead atoms. The van der Waals surface area contributed by atoms with Gasteiger partial charge in [-0.1, -0.05) is 12.1 Å². The predicted molar refractivity (Wildman–Crippen MR) is 79.4 cm³/mol. The molecule has 1 rings (SSSR count). The lowest BCUT2D eigenvalue weighted by molar-refractivity contribution is -0.137. The maximum absolute atomic E-state index is 12.6. The number of nitrogens with one attached hydrogen (secondary N) is 1. The second-order valence-electron chi connectivity index (χ2n) is 4.62. The number of aliphatic hydroxyl groups is 1. The van der Waals surface area contributed by atoms with Gasteiger partial charge in [0, 0.05) is 13.5 Å². The normalized spacial score (nSPS) is 15.7. The fourth-order valence-corrected chi connectivity index (χ4v) is 2.70. The Labute approximate surface area is 141 Å². The minimum Gasteiger partial charge on any atom is -0.383 e. The van der Waals surface area contributed by atoms with Gasteiger partial charge in [0.1, 0.15) is 17.0 Å². The van der Waals surface area contributed by atoms with E-state index in [1.54, 1.807) is 0 Å². The summed E-state index contributed by atoms with van der Waals surface area (Å²) in [6.07, 6.45) is -4.88. The molecule has 1 atom stereocenters. The molecule has 1 unspecified atom stereocenters. The van der Waals surface area contributed by atoms with Gasteiger partial charge >= 0.3 is 16.5 Å². The highest BCUT2D eigenvalue weighted by molar-refractivity contribution is 7.84. The second-order valence-corrected chi connectivity index (χ2v) is 7.45. The number of benzene rings is 1. The molecule has 0 heterocycles. The Morgan fingerprint density at radius 2 is 1.70 bits per heavy atom. The molecule has 0 aliphatic rings. The van der Waals surface area contributed by atoms with E-state index in [9.17, 15) is 26.7 Å². The molecular formula is C12H14Cl2F3NO4S. The van der Waals surface area contributed by atoms with Gasteiger partial charge in [0.2, 0.25) is 0 Å². The monoisotopic (exact) mass is 395 g/mol. The molecule has 1 aromatic carbocycles. The molecule has 0 saturated carbocycles. The van der Waals surface area contributed by atoms with Gasteiger partial charge in [-0.05, 0) is 17.7 Å². The summed E-state index contributed by atoms with van der Waals surface area (Å²) in [5.41, 5.74) is -2.91. The number of hydrogen-bond donors (Lipinski definition) is 2. The summed E-state index contributed by atoms with van der Waals surface area (Å²) < 4.78 is 66.7. The first kappa shape index (κ1) is 20.5. The van der Waals surface area contributed by atoms with Crippen molar-refractivity contribution in [2.45, 2.75) is 23.0 Å². The van der Waals surface area contributed by atoms with Crippen LogP contribution in [0.2, 0.25) is 0 Å². The van der Waals surface area contributed by atoms with E-state index < -0.39 is 39.1 Å². The van der Waals surface area contributed by atoms with E-state index in [0.29, 0.717) is 0 Å². The lowest BCUT2D eigenvalue weighted by Crippen LogP contribution is -2.36. The molecule has 23 heavy (non-hydrogen) atoms. The summed E-state index contributed by atoms with van der Waals surface area (Å²) in [7, 11) is -3.01. The Morgan fingerprint density at radius 1 is 1.22 bits per heavy atom. The summed E-state index contributed by atoms with van der Waals surface area (Å²) in [6.45, 7) is -0.766. The zero-order valence-corrected chi connectivity index (χ0v) is 14.1. The van der Waals surface area contributed by atoms with Crippen molar-refractivity contribution in [1.82, 2.24) is 4.72 Å². The fourth-order valence-electron chi connectivity index (χ4n) is 1.72. The second kappa shape index (κ2) is 7.54. The van der Waals surface area contributed by atoms with Crippen molar-refractivity contribution in [3.8, 4) is 0 Å². The highest BCUT2D eigenvalue weighted by Gasteiger charge is 2.36. The van der Waals surface area contributed by atoms with Gasteiger partial charge in [-0.3, -0.25) is 4.18 Å². The Bertz CT molecular complexity index is 622. The van der Waals surface area contributed by atoms with Crippen LogP contribution in [0.1, 0.15) is 17.5 Å². The van der Waals surface area contributed by atoms with Crippen LogP contribution in [-0.2, 0) is 26.3 Å². The largest absolute Gasteiger partial charge is 0.416 e.